The summed E-state index contributed by atoms with van der Waals surface area (Å²) >= 11 is 0. The molecule has 0 radical (unpaired) electrons. The quantitative estimate of drug-likeness (QED) is 0.615. The van der Waals surface area contributed by atoms with Crippen LogP contribution < -0.4 is 5.32 Å². The van der Waals surface area contributed by atoms with Crippen molar-refractivity contribution in [3.8, 4) is 0 Å². The van der Waals surface area contributed by atoms with Crippen molar-refractivity contribution in [2.24, 2.45) is 11.3 Å². The Kier molecular flexibility index (Phi) is 4.94. The first-order valence-corrected chi connectivity index (χ1v) is 6.39. The second-order valence-corrected chi connectivity index (χ2v) is 5.48. The Bertz CT molecular complexity index is 147. The summed E-state index contributed by atoms with van der Waals surface area (Å²) in [5, 5.41) is 3.63. The molecule has 14 heavy (non-hydrogen) atoms. The van der Waals surface area contributed by atoms with E-state index in [9.17, 15) is 0 Å². The molecular weight excluding hydrogens is 170 g/mol. The van der Waals surface area contributed by atoms with Crippen LogP contribution in [0.1, 0.15) is 59.3 Å². The lowest BCUT2D eigenvalue weighted by molar-refractivity contribution is 0.0985. The van der Waals surface area contributed by atoms with Crippen LogP contribution in [-0.4, -0.2) is 13.1 Å². The minimum atomic E-state index is 0.682. The minimum absolute atomic E-state index is 0.682. The first kappa shape index (κ1) is 12.0. The van der Waals surface area contributed by atoms with Gasteiger partial charge in [0.15, 0.2) is 0 Å². The van der Waals surface area contributed by atoms with Crippen LogP contribution in [0.2, 0.25) is 0 Å². The molecule has 84 valence electrons. The molecule has 1 nitrogen and oxygen atoms in total. The Morgan fingerprint density at radius 1 is 1.29 bits per heavy atom. The predicted octanol–water partition coefficient (Wildman–Crippen LogP) is 3.59. The number of unbranched alkanes of at least 4 members (excludes halogenated alkanes) is 1. The Labute approximate surface area is 89.7 Å². The van der Waals surface area contributed by atoms with Crippen molar-refractivity contribution < 1.29 is 0 Å². The maximum Gasteiger partial charge on any atom is 0.000790 e. The van der Waals surface area contributed by atoms with E-state index in [-0.39, 0.29) is 0 Å². The summed E-state index contributed by atoms with van der Waals surface area (Å²) in [5.41, 5.74) is 0.682. The average molecular weight is 197 g/mol. The molecule has 1 rings (SSSR count). The summed E-state index contributed by atoms with van der Waals surface area (Å²) in [5.74, 6) is 0.864. The summed E-state index contributed by atoms with van der Waals surface area (Å²) in [6.45, 7) is 9.45. The zero-order valence-electron chi connectivity index (χ0n) is 10.2. The van der Waals surface area contributed by atoms with Gasteiger partial charge in [-0.05, 0) is 43.6 Å². The fraction of sp³-hybridized carbons (Fsp3) is 1.00. The summed E-state index contributed by atoms with van der Waals surface area (Å²) in [6.07, 6.45) is 8.45. The van der Waals surface area contributed by atoms with Gasteiger partial charge in [-0.15, -0.1) is 0 Å². The first-order valence-electron chi connectivity index (χ1n) is 6.39. The Balaban J connectivity index is 2.17. The zero-order valence-corrected chi connectivity index (χ0v) is 10.2. The predicted molar refractivity (Wildman–Crippen MR) is 63.5 cm³/mol. The summed E-state index contributed by atoms with van der Waals surface area (Å²) in [6, 6.07) is 0. The molecule has 0 aromatic carbocycles. The number of rotatable bonds is 7. The van der Waals surface area contributed by atoms with Crippen LogP contribution >= 0.6 is 0 Å². The van der Waals surface area contributed by atoms with E-state index in [1.54, 1.807) is 0 Å². The van der Waals surface area contributed by atoms with E-state index >= 15 is 0 Å². The van der Waals surface area contributed by atoms with Gasteiger partial charge in [-0.1, -0.05) is 33.6 Å². The lowest BCUT2D eigenvalue weighted by Crippen LogP contribution is -2.41. The maximum absolute atomic E-state index is 3.63. The third-order valence-corrected chi connectivity index (χ3v) is 3.46. The second-order valence-electron chi connectivity index (χ2n) is 5.48. The van der Waals surface area contributed by atoms with E-state index in [1.807, 2.05) is 0 Å². The summed E-state index contributed by atoms with van der Waals surface area (Å²) < 4.78 is 0. The fourth-order valence-electron chi connectivity index (χ4n) is 2.65. The highest BCUT2D eigenvalue weighted by Crippen LogP contribution is 2.45. The highest BCUT2D eigenvalue weighted by Gasteiger charge is 2.36. The van der Waals surface area contributed by atoms with Gasteiger partial charge in [-0.3, -0.25) is 0 Å². The lowest BCUT2D eigenvalue weighted by Gasteiger charge is -2.43. The highest BCUT2D eigenvalue weighted by atomic mass is 14.9. The van der Waals surface area contributed by atoms with Crippen molar-refractivity contribution in [2.45, 2.75) is 59.3 Å². The van der Waals surface area contributed by atoms with Crippen molar-refractivity contribution in [2.75, 3.05) is 13.1 Å². The monoisotopic (exact) mass is 197 g/mol. The van der Waals surface area contributed by atoms with E-state index < -0.39 is 0 Å². The van der Waals surface area contributed by atoms with Crippen molar-refractivity contribution in [3.63, 3.8) is 0 Å². The molecule has 0 bridgehead atoms. The van der Waals surface area contributed by atoms with Gasteiger partial charge >= 0.3 is 0 Å². The number of hydrogen-bond donors (Lipinski definition) is 1. The van der Waals surface area contributed by atoms with Gasteiger partial charge in [0.2, 0.25) is 0 Å². The standard InChI is InChI=1S/C13H27N/c1-4-5-9-14-11-13(7-6-8-13)10-12(2)3/h12,14H,4-11H2,1-3H3. The molecule has 0 amide bonds. The van der Waals surface area contributed by atoms with Crippen LogP contribution in [0, 0.1) is 11.3 Å². The van der Waals surface area contributed by atoms with Gasteiger partial charge in [-0.25, -0.2) is 0 Å². The van der Waals surface area contributed by atoms with E-state index in [4.69, 9.17) is 0 Å². The van der Waals surface area contributed by atoms with E-state index in [0.717, 1.165) is 5.92 Å². The van der Waals surface area contributed by atoms with Crippen LogP contribution in [0.4, 0.5) is 0 Å². The molecule has 0 unspecified atom stereocenters. The van der Waals surface area contributed by atoms with Crippen molar-refractivity contribution in [1.29, 1.82) is 0 Å². The fourth-order valence-corrected chi connectivity index (χ4v) is 2.65. The molecule has 0 aromatic heterocycles. The third kappa shape index (κ3) is 3.61. The minimum Gasteiger partial charge on any atom is -0.316 e. The normalized spacial score (nSPS) is 19.7. The molecule has 0 saturated heterocycles. The average Bonchev–Trinajstić information content (AvgIpc) is 2.07. The molecule has 1 aliphatic rings. The molecule has 0 atom stereocenters. The molecular formula is C13H27N. The Morgan fingerprint density at radius 3 is 2.43 bits per heavy atom. The maximum atomic E-state index is 3.63. The van der Waals surface area contributed by atoms with Crippen molar-refractivity contribution in [3.05, 3.63) is 0 Å². The van der Waals surface area contributed by atoms with Crippen LogP contribution in [-0.2, 0) is 0 Å². The van der Waals surface area contributed by atoms with E-state index in [0.29, 0.717) is 5.41 Å². The molecule has 0 aliphatic heterocycles. The van der Waals surface area contributed by atoms with E-state index in [2.05, 4.69) is 26.1 Å². The summed E-state index contributed by atoms with van der Waals surface area (Å²) in [4.78, 5) is 0. The van der Waals surface area contributed by atoms with Gasteiger partial charge in [0.05, 0.1) is 0 Å². The number of nitrogens with one attached hydrogen (secondary N) is 1. The van der Waals surface area contributed by atoms with Gasteiger partial charge in [-0.2, -0.15) is 0 Å². The van der Waals surface area contributed by atoms with Crippen LogP contribution in [0.15, 0.2) is 0 Å². The molecule has 0 spiro atoms. The van der Waals surface area contributed by atoms with Crippen molar-refractivity contribution >= 4 is 0 Å². The Hall–Kier alpha value is -0.0400. The van der Waals surface area contributed by atoms with Crippen molar-refractivity contribution in [1.82, 2.24) is 5.32 Å². The topological polar surface area (TPSA) is 12.0 Å². The molecule has 1 saturated carbocycles. The van der Waals surface area contributed by atoms with Gasteiger partial charge in [0.25, 0.3) is 0 Å². The molecule has 1 aliphatic carbocycles. The van der Waals surface area contributed by atoms with Crippen LogP contribution in [0.25, 0.3) is 0 Å². The first-order chi connectivity index (χ1) is 6.68. The largest absolute Gasteiger partial charge is 0.316 e. The Morgan fingerprint density at radius 2 is 2.00 bits per heavy atom. The van der Waals surface area contributed by atoms with E-state index in [1.165, 1.54) is 51.6 Å². The molecule has 1 N–H and O–H groups in total. The van der Waals surface area contributed by atoms with Crippen LogP contribution in [0.3, 0.4) is 0 Å². The molecule has 1 heteroatoms. The lowest BCUT2D eigenvalue weighted by atomic mass is 9.64. The second kappa shape index (κ2) is 5.75. The zero-order chi connectivity index (χ0) is 10.4. The summed E-state index contributed by atoms with van der Waals surface area (Å²) in [7, 11) is 0. The SMILES string of the molecule is CCCCNCC1(CC(C)C)CCC1. The smallest absolute Gasteiger partial charge is 0.000790 e. The molecule has 0 heterocycles. The van der Waals surface area contributed by atoms with Gasteiger partial charge < -0.3 is 5.32 Å². The van der Waals surface area contributed by atoms with Gasteiger partial charge in [0.1, 0.15) is 0 Å². The van der Waals surface area contributed by atoms with Gasteiger partial charge in [0, 0.05) is 6.54 Å². The van der Waals surface area contributed by atoms with Crippen LogP contribution in [0.5, 0.6) is 0 Å². The number of hydrogen-bond acceptors (Lipinski definition) is 1. The third-order valence-electron chi connectivity index (χ3n) is 3.46. The molecule has 1 fully saturated rings. The molecule has 0 aromatic rings. The highest BCUT2D eigenvalue weighted by molar-refractivity contribution is 4.90.